The molecule has 1 aliphatic carbocycles. The highest BCUT2D eigenvalue weighted by molar-refractivity contribution is 5.81. The van der Waals surface area contributed by atoms with E-state index in [1.165, 1.54) is 18.2 Å². The van der Waals surface area contributed by atoms with E-state index in [0.717, 1.165) is 36.2 Å². The van der Waals surface area contributed by atoms with Gasteiger partial charge in [-0.1, -0.05) is 12.1 Å². The Hall–Kier alpha value is -2.63. The first kappa shape index (κ1) is 18.2. The molecule has 6 nitrogen and oxygen atoms in total. The molecule has 1 N–H and O–H groups in total. The van der Waals surface area contributed by atoms with Crippen LogP contribution in [0, 0.1) is 13.8 Å². The fraction of sp³-hybridized carbons (Fsp3) is 0.450. The van der Waals surface area contributed by atoms with Crippen molar-refractivity contribution < 1.29 is 14.3 Å². The smallest absolute Gasteiger partial charge is 0.306 e. The minimum Gasteiger partial charge on any atom is -0.469 e. The van der Waals surface area contributed by atoms with Gasteiger partial charge in [0.25, 0.3) is 0 Å². The third-order valence-electron chi connectivity index (χ3n) is 5.11. The normalized spacial score (nSPS) is 16.0. The minimum absolute atomic E-state index is 0.0530. The molecule has 2 aromatic rings. The average Bonchev–Trinajstić information content (AvgIpc) is 3.07. The summed E-state index contributed by atoms with van der Waals surface area (Å²) in [6, 6.07) is 6.16. The largest absolute Gasteiger partial charge is 0.469 e. The lowest BCUT2D eigenvalue weighted by atomic mass is 9.92. The number of nitrogens with one attached hydrogen (secondary N) is 1. The molecule has 3 rings (SSSR count). The molecule has 1 atom stereocenters. The van der Waals surface area contributed by atoms with E-state index >= 15 is 0 Å². The molecule has 0 saturated heterocycles. The van der Waals surface area contributed by atoms with Crippen LogP contribution in [0.5, 0.6) is 0 Å². The van der Waals surface area contributed by atoms with Gasteiger partial charge in [-0.15, -0.1) is 0 Å². The first-order chi connectivity index (χ1) is 12.5. The molecule has 1 aromatic carbocycles. The topological polar surface area (TPSA) is 73.2 Å². The maximum Gasteiger partial charge on any atom is 0.306 e. The van der Waals surface area contributed by atoms with Crippen molar-refractivity contribution in [3.8, 4) is 5.69 Å². The predicted molar refractivity (Wildman–Crippen MR) is 98.1 cm³/mol. The van der Waals surface area contributed by atoms with Crippen molar-refractivity contribution in [3.05, 3.63) is 46.8 Å². The molecule has 26 heavy (non-hydrogen) atoms. The number of fused-ring (bicyclic) bond motifs is 1. The second kappa shape index (κ2) is 7.72. The zero-order valence-electron chi connectivity index (χ0n) is 15.5. The number of carbonyl (C=O) groups excluding carboxylic acids is 2. The van der Waals surface area contributed by atoms with Gasteiger partial charge in [0.15, 0.2) is 0 Å². The second-order valence-electron chi connectivity index (χ2n) is 6.77. The molecule has 0 unspecified atom stereocenters. The highest BCUT2D eigenvalue weighted by atomic mass is 16.5. The van der Waals surface area contributed by atoms with Gasteiger partial charge in [-0.25, -0.2) is 4.68 Å². The standard InChI is InChI=1S/C20H25N3O3/c1-13-6-4-8-17(14(13)2)23-18-9-5-7-16(15(18)12-21-23)22-19(24)10-11-20(25)26-3/h4,6,8,12,16H,5,7,9-11H2,1-3H3,(H,22,24)/t16-/m1/s1. The molecule has 1 aromatic heterocycles. The maximum atomic E-state index is 12.2. The Morgan fingerprint density at radius 2 is 2.12 bits per heavy atom. The number of rotatable bonds is 5. The summed E-state index contributed by atoms with van der Waals surface area (Å²) >= 11 is 0. The summed E-state index contributed by atoms with van der Waals surface area (Å²) < 4.78 is 6.59. The molecule has 0 fully saturated rings. The quantitative estimate of drug-likeness (QED) is 0.837. The monoisotopic (exact) mass is 355 g/mol. The Morgan fingerprint density at radius 3 is 2.88 bits per heavy atom. The Morgan fingerprint density at radius 1 is 1.31 bits per heavy atom. The van der Waals surface area contributed by atoms with Crippen molar-refractivity contribution in [2.24, 2.45) is 0 Å². The van der Waals surface area contributed by atoms with Crippen molar-refractivity contribution >= 4 is 11.9 Å². The molecule has 6 heteroatoms. The number of hydrogen-bond donors (Lipinski definition) is 1. The van der Waals surface area contributed by atoms with Gasteiger partial charge in [0.05, 0.1) is 31.5 Å². The lowest BCUT2D eigenvalue weighted by molar-refractivity contribution is -0.142. The van der Waals surface area contributed by atoms with Gasteiger partial charge in [-0.3, -0.25) is 9.59 Å². The third kappa shape index (κ3) is 3.64. The van der Waals surface area contributed by atoms with Crippen LogP contribution in [0.4, 0.5) is 0 Å². The molecule has 1 amide bonds. The van der Waals surface area contributed by atoms with Crippen LogP contribution in [0.1, 0.15) is 54.1 Å². The summed E-state index contributed by atoms with van der Waals surface area (Å²) in [5.41, 5.74) is 5.76. The average molecular weight is 355 g/mol. The highest BCUT2D eigenvalue weighted by Crippen LogP contribution is 2.32. The number of benzene rings is 1. The van der Waals surface area contributed by atoms with Gasteiger partial charge in [0.1, 0.15) is 0 Å². The van der Waals surface area contributed by atoms with Crippen LogP contribution in [0.3, 0.4) is 0 Å². The lowest BCUT2D eigenvalue weighted by Crippen LogP contribution is -2.31. The second-order valence-corrected chi connectivity index (χ2v) is 6.77. The van der Waals surface area contributed by atoms with Gasteiger partial charge < -0.3 is 10.1 Å². The van der Waals surface area contributed by atoms with Gasteiger partial charge in [0, 0.05) is 17.7 Å². The van der Waals surface area contributed by atoms with Crippen molar-refractivity contribution in [1.82, 2.24) is 15.1 Å². The lowest BCUT2D eigenvalue weighted by Gasteiger charge is -2.24. The third-order valence-corrected chi connectivity index (χ3v) is 5.11. The number of methoxy groups -OCH3 is 1. The Bertz CT molecular complexity index is 826. The molecule has 0 bridgehead atoms. The van der Waals surface area contributed by atoms with Gasteiger partial charge in [-0.2, -0.15) is 5.10 Å². The van der Waals surface area contributed by atoms with Crippen LogP contribution in [0.2, 0.25) is 0 Å². The van der Waals surface area contributed by atoms with Gasteiger partial charge in [-0.05, 0) is 50.3 Å². The van der Waals surface area contributed by atoms with Gasteiger partial charge in [0.2, 0.25) is 5.91 Å². The summed E-state index contributed by atoms with van der Waals surface area (Å²) in [6.45, 7) is 4.20. The van der Waals surface area contributed by atoms with E-state index in [9.17, 15) is 9.59 Å². The van der Waals surface area contributed by atoms with Crippen LogP contribution >= 0.6 is 0 Å². The number of carbonyl (C=O) groups is 2. The number of aromatic nitrogens is 2. The van der Waals surface area contributed by atoms with E-state index in [1.54, 1.807) is 0 Å². The maximum absolute atomic E-state index is 12.2. The molecular formula is C20H25N3O3. The first-order valence-corrected chi connectivity index (χ1v) is 9.00. The summed E-state index contributed by atoms with van der Waals surface area (Å²) in [5, 5.41) is 7.65. The Labute approximate surface area is 153 Å². The van der Waals surface area contributed by atoms with E-state index in [2.05, 4.69) is 41.1 Å². The zero-order chi connectivity index (χ0) is 18.7. The fourth-order valence-electron chi connectivity index (χ4n) is 3.46. The summed E-state index contributed by atoms with van der Waals surface area (Å²) in [6.07, 6.45) is 4.92. The van der Waals surface area contributed by atoms with Crippen molar-refractivity contribution in [2.75, 3.05) is 7.11 Å². The number of amides is 1. The van der Waals surface area contributed by atoms with Crippen molar-refractivity contribution in [3.63, 3.8) is 0 Å². The Balaban J connectivity index is 1.79. The van der Waals surface area contributed by atoms with Crippen LogP contribution in [0.25, 0.3) is 5.69 Å². The molecule has 0 aliphatic heterocycles. The number of ether oxygens (including phenoxy) is 1. The number of hydrogen-bond acceptors (Lipinski definition) is 4. The molecule has 0 spiro atoms. The molecule has 0 radical (unpaired) electrons. The SMILES string of the molecule is COC(=O)CCC(=O)N[C@@H]1CCCc2c1cnn2-c1cccc(C)c1C. The number of aryl methyl sites for hydroxylation is 1. The molecule has 1 aliphatic rings. The zero-order valence-corrected chi connectivity index (χ0v) is 15.5. The minimum atomic E-state index is -0.368. The van der Waals surface area contributed by atoms with E-state index in [-0.39, 0.29) is 30.8 Å². The number of esters is 1. The summed E-state index contributed by atoms with van der Waals surface area (Å²) in [5.74, 6) is -0.500. The molecular weight excluding hydrogens is 330 g/mol. The fourth-order valence-corrected chi connectivity index (χ4v) is 3.46. The van der Waals surface area contributed by atoms with Gasteiger partial charge >= 0.3 is 5.97 Å². The van der Waals surface area contributed by atoms with Crippen LogP contribution < -0.4 is 5.32 Å². The van der Waals surface area contributed by atoms with E-state index < -0.39 is 0 Å². The number of nitrogens with zero attached hydrogens (tertiary/aromatic N) is 2. The van der Waals surface area contributed by atoms with Crippen LogP contribution in [-0.2, 0) is 20.7 Å². The van der Waals surface area contributed by atoms with Crippen LogP contribution in [-0.4, -0.2) is 28.8 Å². The highest BCUT2D eigenvalue weighted by Gasteiger charge is 2.26. The van der Waals surface area contributed by atoms with E-state index in [1.807, 2.05) is 16.9 Å². The molecule has 1 heterocycles. The summed E-state index contributed by atoms with van der Waals surface area (Å²) in [4.78, 5) is 23.4. The Kier molecular flexibility index (Phi) is 5.40. The first-order valence-electron chi connectivity index (χ1n) is 9.00. The summed E-state index contributed by atoms with van der Waals surface area (Å²) in [7, 11) is 1.33. The van der Waals surface area contributed by atoms with E-state index in [4.69, 9.17) is 0 Å². The molecule has 0 saturated carbocycles. The van der Waals surface area contributed by atoms with E-state index in [0.29, 0.717) is 0 Å². The molecule has 138 valence electrons. The van der Waals surface area contributed by atoms with Crippen molar-refractivity contribution in [1.29, 1.82) is 0 Å². The van der Waals surface area contributed by atoms with Crippen LogP contribution in [0.15, 0.2) is 24.4 Å². The van der Waals surface area contributed by atoms with Crippen molar-refractivity contribution in [2.45, 2.75) is 52.0 Å². The predicted octanol–water partition coefficient (Wildman–Crippen LogP) is 2.94.